The van der Waals surface area contributed by atoms with E-state index in [0.717, 1.165) is 9.47 Å². The van der Waals surface area contributed by atoms with E-state index in [2.05, 4.69) is 37.2 Å². The van der Waals surface area contributed by atoms with Crippen molar-refractivity contribution in [2.24, 2.45) is 5.14 Å². The number of anilines is 1. The zero-order valence-corrected chi connectivity index (χ0v) is 15.2. The molecule has 8 heteroatoms. The van der Waals surface area contributed by atoms with Gasteiger partial charge in [0.2, 0.25) is 10.0 Å². The first-order chi connectivity index (χ1) is 9.27. The summed E-state index contributed by atoms with van der Waals surface area (Å²) >= 11 is 8.44. The van der Waals surface area contributed by atoms with Gasteiger partial charge in [-0.1, -0.05) is 0 Å². The van der Waals surface area contributed by atoms with E-state index in [-0.39, 0.29) is 10.9 Å². The number of hydrogen-bond donors (Lipinski definition) is 2. The van der Waals surface area contributed by atoms with Gasteiger partial charge in [0.05, 0.1) is 14.7 Å². The second kappa shape index (κ2) is 6.15. The molecule has 2 rings (SSSR count). The average molecular weight is 440 g/mol. The molecule has 3 N–H and O–H groups in total. The summed E-state index contributed by atoms with van der Waals surface area (Å²) in [7, 11) is -3.68. The van der Waals surface area contributed by atoms with Gasteiger partial charge in [0.15, 0.2) is 0 Å². The normalized spacial score (nSPS) is 13.2. The van der Waals surface area contributed by atoms with Gasteiger partial charge in [0.1, 0.15) is 0 Å². The van der Waals surface area contributed by atoms with E-state index in [4.69, 9.17) is 5.14 Å². The van der Waals surface area contributed by atoms with E-state index in [9.17, 15) is 8.42 Å². The van der Waals surface area contributed by atoms with Crippen LogP contribution in [0, 0.1) is 0 Å². The van der Waals surface area contributed by atoms with Crippen LogP contribution in [-0.2, 0) is 10.0 Å². The number of benzene rings is 1. The minimum Gasteiger partial charge on any atom is -0.377 e. The number of nitrogens with two attached hydrogens (primary N) is 1. The summed E-state index contributed by atoms with van der Waals surface area (Å²) < 4.78 is 24.3. The van der Waals surface area contributed by atoms with E-state index in [1.165, 1.54) is 17.0 Å². The number of thiophene rings is 1. The lowest BCUT2D eigenvalue weighted by Crippen LogP contribution is -2.12. The van der Waals surface area contributed by atoms with Gasteiger partial charge in [-0.25, -0.2) is 13.6 Å². The van der Waals surface area contributed by atoms with Gasteiger partial charge in [0, 0.05) is 15.0 Å². The van der Waals surface area contributed by atoms with Crippen molar-refractivity contribution >= 4 is 58.9 Å². The zero-order valence-electron chi connectivity index (χ0n) is 10.4. The Morgan fingerprint density at radius 1 is 1.25 bits per heavy atom. The minimum absolute atomic E-state index is 0.0847. The van der Waals surface area contributed by atoms with Crippen LogP contribution in [0.4, 0.5) is 5.69 Å². The number of hydrogen-bond acceptors (Lipinski definition) is 4. The third-order valence-corrected chi connectivity index (χ3v) is 6.04. The van der Waals surface area contributed by atoms with Gasteiger partial charge in [-0.05, 0) is 69.1 Å². The molecule has 0 spiro atoms. The summed E-state index contributed by atoms with van der Waals surface area (Å²) in [6.07, 6.45) is 0. The van der Waals surface area contributed by atoms with Crippen LogP contribution < -0.4 is 10.5 Å². The molecule has 0 aliphatic rings. The molecule has 0 amide bonds. The number of sulfonamides is 1. The highest BCUT2D eigenvalue weighted by Gasteiger charge is 2.13. The Kier molecular flexibility index (Phi) is 4.91. The summed E-state index contributed by atoms with van der Waals surface area (Å²) in [6, 6.07) is 8.83. The molecule has 0 radical (unpaired) electrons. The Bertz CT molecular complexity index is 729. The third kappa shape index (κ3) is 3.82. The molecule has 1 unspecified atom stereocenters. The Balaban J connectivity index is 2.22. The van der Waals surface area contributed by atoms with Crippen LogP contribution in [0.2, 0.25) is 0 Å². The van der Waals surface area contributed by atoms with Gasteiger partial charge >= 0.3 is 0 Å². The highest BCUT2D eigenvalue weighted by Crippen LogP contribution is 2.32. The SMILES string of the molecule is CC(Nc1ccc(S(N)(=O)=O)cc1Br)c1ccc(Br)s1. The molecule has 20 heavy (non-hydrogen) atoms. The first-order valence-electron chi connectivity index (χ1n) is 5.61. The molecule has 0 aliphatic carbocycles. The van der Waals surface area contributed by atoms with Crippen LogP contribution in [0.25, 0.3) is 0 Å². The first kappa shape index (κ1) is 16.0. The molecule has 108 valence electrons. The second-order valence-electron chi connectivity index (χ2n) is 4.19. The van der Waals surface area contributed by atoms with E-state index in [1.807, 2.05) is 19.1 Å². The van der Waals surface area contributed by atoms with E-state index in [1.54, 1.807) is 17.4 Å². The molecule has 0 saturated carbocycles. The van der Waals surface area contributed by atoms with Crippen LogP contribution in [0.5, 0.6) is 0 Å². The van der Waals surface area contributed by atoms with Crippen molar-refractivity contribution < 1.29 is 8.42 Å². The van der Waals surface area contributed by atoms with Gasteiger partial charge in [-0.2, -0.15) is 0 Å². The van der Waals surface area contributed by atoms with Crippen molar-refractivity contribution in [2.75, 3.05) is 5.32 Å². The van der Waals surface area contributed by atoms with Crippen molar-refractivity contribution in [1.82, 2.24) is 0 Å². The zero-order chi connectivity index (χ0) is 14.9. The summed E-state index contributed by atoms with van der Waals surface area (Å²) in [5.41, 5.74) is 0.814. The van der Waals surface area contributed by atoms with Crippen LogP contribution in [0.3, 0.4) is 0 Å². The predicted octanol–water partition coefficient (Wildman–Crippen LogP) is 4.09. The predicted molar refractivity (Wildman–Crippen MR) is 89.6 cm³/mol. The lowest BCUT2D eigenvalue weighted by atomic mass is 10.2. The molecule has 4 nitrogen and oxygen atoms in total. The summed E-state index contributed by atoms with van der Waals surface area (Å²) in [5.74, 6) is 0. The topological polar surface area (TPSA) is 72.2 Å². The smallest absolute Gasteiger partial charge is 0.238 e. The van der Waals surface area contributed by atoms with Gasteiger partial charge in [-0.3, -0.25) is 0 Å². The van der Waals surface area contributed by atoms with Crippen LogP contribution in [0.1, 0.15) is 17.8 Å². The van der Waals surface area contributed by atoms with Gasteiger partial charge < -0.3 is 5.32 Å². The molecular weight excluding hydrogens is 428 g/mol. The van der Waals surface area contributed by atoms with Gasteiger partial charge in [-0.15, -0.1) is 11.3 Å². The van der Waals surface area contributed by atoms with Crippen LogP contribution >= 0.6 is 43.2 Å². The Morgan fingerprint density at radius 3 is 2.45 bits per heavy atom. The molecule has 0 saturated heterocycles. The molecule has 1 atom stereocenters. The number of rotatable bonds is 4. The lowest BCUT2D eigenvalue weighted by Gasteiger charge is -2.15. The summed E-state index contributed by atoms with van der Waals surface area (Å²) in [4.78, 5) is 1.26. The highest BCUT2D eigenvalue weighted by atomic mass is 79.9. The van der Waals surface area contributed by atoms with Crippen molar-refractivity contribution in [1.29, 1.82) is 0 Å². The monoisotopic (exact) mass is 438 g/mol. The first-order valence-corrected chi connectivity index (χ1v) is 9.56. The molecule has 2 aromatic rings. The summed E-state index contributed by atoms with van der Waals surface area (Å²) in [6.45, 7) is 2.04. The fourth-order valence-corrected chi connectivity index (χ4v) is 4.27. The average Bonchev–Trinajstić information content (AvgIpc) is 2.77. The van der Waals surface area contributed by atoms with Crippen molar-refractivity contribution in [3.05, 3.63) is 43.5 Å². The van der Waals surface area contributed by atoms with Crippen molar-refractivity contribution in [3.63, 3.8) is 0 Å². The van der Waals surface area contributed by atoms with Crippen molar-refractivity contribution in [3.8, 4) is 0 Å². The molecule has 1 aromatic heterocycles. The number of nitrogens with one attached hydrogen (secondary N) is 1. The van der Waals surface area contributed by atoms with Crippen molar-refractivity contribution in [2.45, 2.75) is 17.9 Å². The maximum atomic E-state index is 11.3. The molecular formula is C12H12Br2N2O2S2. The highest BCUT2D eigenvalue weighted by molar-refractivity contribution is 9.11. The molecule has 0 aliphatic heterocycles. The second-order valence-corrected chi connectivity index (χ2v) is 9.10. The maximum Gasteiger partial charge on any atom is 0.238 e. The van der Waals surface area contributed by atoms with E-state index < -0.39 is 10.0 Å². The maximum absolute atomic E-state index is 11.3. The Morgan fingerprint density at radius 2 is 1.95 bits per heavy atom. The molecule has 1 heterocycles. The number of primary sulfonamides is 1. The van der Waals surface area contributed by atoms with E-state index >= 15 is 0 Å². The molecule has 0 bridgehead atoms. The number of halogens is 2. The Hall–Kier alpha value is -0.410. The Labute approximate surface area is 138 Å². The fourth-order valence-electron chi connectivity index (χ4n) is 1.66. The standard InChI is InChI=1S/C12H12Br2N2O2S2/c1-7(11-4-5-12(14)19-11)16-10-3-2-8(6-9(10)13)20(15,17)18/h2-7,16H,1H3,(H2,15,17,18). The van der Waals surface area contributed by atoms with Crippen LogP contribution in [-0.4, -0.2) is 8.42 Å². The van der Waals surface area contributed by atoms with Gasteiger partial charge in [0.25, 0.3) is 0 Å². The third-order valence-electron chi connectivity index (χ3n) is 2.66. The van der Waals surface area contributed by atoms with Crippen LogP contribution in [0.15, 0.2) is 43.5 Å². The fraction of sp³-hybridized carbons (Fsp3) is 0.167. The molecule has 1 aromatic carbocycles. The largest absolute Gasteiger partial charge is 0.377 e. The summed E-state index contributed by atoms with van der Waals surface area (Å²) in [5, 5.41) is 8.42. The molecule has 0 fully saturated rings. The lowest BCUT2D eigenvalue weighted by molar-refractivity contribution is 0.598. The van der Waals surface area contributed by atoms with E-state index in [0.29, 0.717) is 4.47 Å². The quantitative estimate of drug-likeness (QED) is 0.753. The minimum atomic E-state index is -3.68.